The molecule has 1 saturated heterocycles. The van der Waals surface area contributed by atoms with E-state index in [1.54, 1.807) is 0 Å². The van der Waals surface area contributed by atoms with Gasteiger partial charge < -0.3 is 9.67 Å². The molecule has 5 nitrogen and oxygen atoms in total. The van der Waals surface area contributed by atoms with Crippen LogP contribution in [0.3, 0.4) is 0 Å². The Hall–Kier alpha value is -0.940. The van der Waals surface area contributed by atoms with Gasteiger partial charge in [0.05, 0.1) is 13.2 Å². The Morgan fingerprint density at radius 1 is 1.47 bits per heavy atom. The van der Waals surface area contributed by atoms with Crippen LogP contribution in [-0.2, 0) is 13.6 Å². The predicted octanol–water partition coefficient (Wildman–Crippen LogP) is 0.0802. The van der Waals surface area contributed by atoms with Crippen LogP contribution in [-0.4, -0.2) is 44.0 Å². The number of aliphatic hydroxyl groups excluding tert-OH is 1. The van der Waals surface area contributed by atoms with Crippen LogP contribution in [0.5, 0.6) is 0 Å². The third-order valence-corrected chi connectivity index (χ3v) is 3.24. The number of aliphatic hydroxyl groups is 1. The van der Waals surface area contributed by atoms with Gasteiger partial charge in [-0.05, 0) is 26.3 Å². The van der Waals surface area contributed by atoms with Crippen LogP contribution in [0.2, 0.25) is 0 Å². The molecule has 15 heavy (non-hydrogen) atoms. The normalized spacial score (nSPS) is 22.5. The summed E-state index contributed by atoms with van der Waals surface area (Å²) >= 11 is 0. The highest BCUT2D eigenvalue weighted by Gasteiger charge is 2.24. The molecule has 1 aromatic heterocycles. The minimum Gasteiger partial charge on any atom is -0.395 e. The third-order valence-electron chi connectivity index (χ3n) is 3.24. The summed E-state index contributed by atoms with van der Waals surface area (Å²) < 4.78 is 2.01. The lowest BCUT2D eigenvalue weighted by molar-refractivity contribution is 0.150. The number of hydrogen-bond acceptors (Lipinski definition) is 4. The molecule has 1 aliphatic rings. The van der Waals surface area contributed by atoms with E-state index in [0.29, 0.717) is 6.04 Å². The zero-order valence-corrected chi connectivity index (χ0v) is 9.35. The first-order chi connectivity index (χ1) is 7.22. The van der Waals surface area contributed by atoms with Crippen molar-refractivity contribution in [2.45, 2.75) is 32.4 Å². The fourth-order valence-corrected chi connectivity index (χ4v) is 2.08. The number of nitrogens with zero attached hydrogens (tertiary/aromatic N) is 4. The van der Waals surface area contributed by atoms with Gasteiger partial charge in [-0.15, -0.1) is 10.2 Å². The predicted molar refractivity (Wildman–Crippen MR) is 56.3 cm³/mol. The summed E-state index contributed by atoms with van der Waals surface area (Å²) in [7, 11) is 1.98. The van der Waals surface area contributed by atoms with Gasteiger partial charge in [0.1, 0.15) is 11.6 Å². The Morgan fingerprint density at radius 3 is 2.87 bits per heavy atom. The molecule has 2 rings (SSSR count). The van der Waals surface area contributed by atoms with Crippen molar-refractivity contribution in [2.75, 3.05) is 13.2 Å². The minimum absolute atomic E-state index is 0.247. The molecule has 1 N–H and O–H groups in total. The Bertz CT molecular complexity index is 336. The quantitative estimate of drug-likeness (QED) is 0.767. The van der Waals surface area contributed by atoms with Gasteiger partial charge in [0.15, 0.2) is 0 Å². The van der Waals surface area contributed by atoms with Crippen LogP contribution in [0.4, 0.5) is 0 Å². The van der Waals surface area contributed by atoms with Crippen LogP contribution in [0.15, 0.2) is 0 Å². The third kappa shape index (κ3) is 2.03. The summed E-state index contributed by atoms with van der Waals surface area (Å²) in [6.07, 6.45) is 2.26. The van der Waals surface area contributed by atoms with E-state index in [1.807, 2.05) is 18.5 Å². The van der Waals surface area contributed by atoms with Crippen LogP contribution in [0.1, 0.15) is 24.5 Å². The van der Waals surface area contributed by atoms with Crippen molar-refractivity contribution < 1.29 is 5.11 Å². The molecule has 0 unspecified atom stereocenters. The largest absolute Gasteiger partial charge is 0.395 e. The molecule has 1 fully saturated rings. The molecule has 1 aliphatic heterocycles. The van der Waals surface area contributed by atoms with E-state index in [-0.39, 0.29) is 6.61 Å². The van der Waals surface area contributed by atoms with Gasteiger partial charge >= 0.3 is 0 Å². The summed E-state index contributed by atoms with van der Waals surface area (Å²) in [5, 5.41) is 17.4. The van der Waals surface area contributed by atoms with Gasteiger partial charge in [0, 0.05) is 13.1 Å². The fourth-order valence-electron chi connectivity index (χ4n) is 2.08. The molecule has 0 spiro atoms. The molecule has 0 aromatic carbocycles. The smallest absolute Gasteiger partial charge is 0.146 e. The van der Waals surface area contributed by atoms with Crippen LogP contribution in [0.25, 0.3) is 0 Å². The highest BCUT2D eigenvalue weighted by Crippen LogP contribution is 2.18. The van der Waals surface area contributed by atoms with Gasteiger partial charge in [-0.1, -0.05) is 0 Å². The second kappa shape index (κ2) is 4.28. The highest BCUT2D eigenvalue weighted by molar-refractivity contribution is 4.94. The van der Waals surface area contributed by atoms with E-state index in [1.165, 1.54) is 6.42 Å². The lowest BCUT2D eigenvalue weighted by atomic mass is 10.2. The second-order valence-electron chi connectivity index (χ2n) is 4.17. The summed E-state index contributed by atoms with van der Waals surface area (Å²) in [4.78, 5) is 2.28. The molecule has 0 amide bonds. The van der Waals surface area contributed by atoms with Gasteiger partial charge in [-0.3, -0.25) is 4.90 Å². The molecule has 2 heterocycles. The Morgan fingerprint density at radius 2 is 2.27 bits per heavy atom. The van der Waals surface area contributed by atoms with E-state index in [9.17, 15) is 5.11 Å². The summed E-state index contributed by atoms with van der Waals surface area (Å²) in [5.41, 5.74) is 0. The van der Waals surface area contributed by atoms with Crippen molar-refractivity contribution in [3.05, 3.63) is 11.6 Å². The SMILES string of the molecule is Cc1nnc(CN2CCC[C@H]2CO)n1C. The first-order valence-corrected chi connectivity index (χ1v) is 5.42. The van der Waals surface area contributed by atoms with E-state index >= 15 is 0 Å². The topological polar surface area (TPSA) is 54.2 Å². The summed E-state index contributed by atoms with van der Waals surface area (Å²) in [6.45, 7) is 4.04. The number of rotatable bonds is 3. The van der Waals surface area contributed by atoms with Crippen molar-refractivity contribution in [1.29, 1.82) is 0 Å². The maximum absolute atomic E-state index is 9.20. The Kier molecular flexibility index (Phi) is 3.02. The highest BCUT2D eigenvalue weighted by atomic mass is 16.3. The maximum Gasteiger partial charge on any atom is 0.146 e. The molecule has 1 atom stereocenters. The average Bonchev–Trinajstić information content (AvgIpc) is 2.80. The molecule has 84 valence electrons. The number of hydrogen-bond donors (Lipinski definition) is 1. The van der Waals surface area contributed by atoms with Crippen molar-refractivity contribution in [3.63, 3.8) is 0 Å². The maximum atomic E-state index is 9.20. The molecule has 0 radical (unpaired) electrons. The molecular weight excluding hydrogens is 192 g/mol. The molecule has 0 saturated carbocycles. The summed E-state index contributed by atoms with van der Waals surface area (Å²) in [5.74, 6) is 1.91. The standard InChI is InChI=1S/C10H18N4O/c1-8-11-12-10(13(8)2)6-14-5-3-4-9(14)7-15/h9,15H,3-7H2,1-2H3/t9-/m0/s1. The van der Waals surface area contributed by atoms with Crippen molar-refractivity contribution in [2.24, 2.45) is 7.05 Å². The first-order valence-electron chi connectivity index (χ1n) is 5.42. The Balaban J connectivity index is 2.05. The van der Waals surface area contributed by atoms with Crippen molar-refractivity contribution in [1.82, 2.24) is 19.7 Å². The van der Waals surface area contributed by atoms with E-state index in [4.69, 9.17) is 0 Å². The van der Waals surface area contributed by atoms with Gasteiger partial charge in [0.25, 0.3) is 0 Å². The number of aromatic nitrogens is 3. The van der Waals surface area contributed by atoms with Crippen LogP contribution < -0.4 is 0 Å². The first kappa shape index (κ1) is 10.6. The lowest BCUT2D eigenvalue weighted by Crippen LogP contribution is -2.32. The van der Waals surface area contributed by atoms with Crippen LogP contribution >= 0.6 is 0 Å². The number of likely N-dealkylation sites (tertiary alicyclic amines) is 1. The molecule has 5 heteroatoms. The average molecular weight is 210 g/mol. The Labute approximate surface area is 89.7 Å². The van der Waals surface area contributed by atoms with Crippen molar-refractivity contribution in [3.8, 4) is 0 Å². The molecular formula is C10H18N4O. The van der Waals surface area contributed by atoms with E-state index < -0.39 is 0 Å². The number of aryl methyl sites for hydroxylation is 1. The van der Waals surface area contributed by atoms with Crippen molar-refractivity contribution >= 4 is 0 Å². The summed E-state index contributed by atoms with van der Waals surface area (Å²) in [6, 6.07) is 0.307. The minimum atomic E-state index is 0.247. The fraction of sp³-hybridized carbons (Fsp3) is 0.800. The van der Waals surface area contributed by atoms with E-state index in [2.05, 4.69) is 15.1 Å². The second-order valence-corrected chi connectivity index (χ2v) is 4.17. The lowest BCUT2D eigenvalue weighted by Gasteiger charge is -2.21. The van der Waals surface area contributed by atoms with Crippen LogP contribution in [0, 0.1) is 6.92 Å². The monoisotopic (exact) mass is 210 g/mol. The molecule has 0 aliphatic carbocycles. The zero-order valence-electron chi connectivity index (χ0n) is 9.35. The van der Waals surface area contributed by atoms with Gasteiger partial charge in [-0.2, -0.15) is 0 Å². The van der Waals surface area contributed by atoms with Gasteiger partial charge in [-0.25, -0.2) is 0 Å². The zero-order chi connectivity index (χ0) is 10.8. The molecule has 1 aromatic rings. The van der Waals surface area contributed by atoms with E-state index in [0.717, 1.165) is 31.2 Å². The van der Waals surface area contributed by atoms with Gasteiger partial charge in [0.2, 0.25) is 0 Å². The molecule has 0 bridgehead atoms.